The normalized spacial score (nSPS) is 10.2. The molecule has 0 unspecified atom stereocenters. The predicted octanol–water partition coefficient (Wildman–Crippen LogP) is 0.964. The van der Waals surface area contributed by atoms with Gasteiger partial charge in [0.05, 0.1) is 6.20 Å². The van der Waals surface area contributed by atoms with Crippen LogP contribution in [0.15, 0.2) is 28.8 Å². The van der Waals surface area contributed by atoms with E-state index in [1.165, 1.54) is 23.0 Å². The number of carboxylic acid groups (broad SMARTS) is 1. The maximum absolute atomic E-state index is 11.7. The molecule has 0 aliphatic rings. The van der Waals surface area contributed by atoms with Gasteiger partial charge >= 0.3 is 5.97 Å². The zero-order chi connectivity index (χ0) is 12.4. The lowest BCUT2D eigenvalue weighted by molar-refractivity contribution is 0.0660. The fourth-order valence-electron chi connectivity index (χ4n) is 1.25. The molecule has 0 aliphatic carbocycles. The number of hydrogen-bond donors (Lipinski definition) is 2. The van der Waals surface area contributed by atoms with Crippen LogP contribution in [0.25, 0.3) is 0 Å². The average molecular weight is 235 g/mol. The Hall–Kier alpha value is -2.57. The maximum Gasteiger partial charge on any atom is 0.371 e. The minimum Gasteiger partial charge on any atom is -0.475 e. The van der Waals surface area contributed by atoms with Crippen LogP contribution in [0.4, 0.5) is 5.82 Å². The lowest BCUT2D eigenvalue weighted by Gasteiger charge is -2.02. The molecule has 0 spiro atoms. The third-order valence-corrected chi connectivity index (χ3v) is 2.10. The molecule has 0 aliphatic heterocycles. The number of aryl methyl sites for hydroxylation is 1. The van der Waals surface area contributed by atoms with Gasteiger partial charge in [0.1, 0.15) is 5.82 Å². The van der Waals surface area contributed by atoms with Crippen molar-refractivity contribution in [3.8, 4) is 0 Å². The van der Waals surface area contributed by atoms with Crippen LogP contribution in [0.5, 0.6) is 0 Å². The molecule has 2 aromatic rings. The summed E-state index contributed by atoms with van der Waals surface area (Å²) >= 11 is 0. The van der Waals surface area contributed by atoms with Crippen LogP contribution in [0.2, 0.25) is 0 Å². The van der Waals surface area contributed by atoms with E-state index in [-0.39, 0.29) is 11.5 Å². The molecule has 2 aromatic heterocycles. The standard InChI is InChI=1S/C10H9N3O4/c1-13-8(4-5-11-13)12-9(14)6-2-3-7(17-6)10(15)16/h2-5H,1H3,(H,12,14)(H,15,16). The van der Waals surface area contributed by atoms with E-state index < -0.39 is 11.9 Å². The van der Waals surface area contributed by atoms with Gasteiger partial charge in [-0.2, -0.15) is 5.10 Å². The molecule has 7 heteroatoms. The van der Waals surface area contributed by atoms with Crippen molar-refractivity contribution in [1.29, 1.82) is 0 Å². The van der Waals surface area contributed by atoms with Gasteiger partial charge < -0.3 is 14.8 Å². The molecule has 0 saturated heterocycles. The molecular weight excluding hydrogens is 226 g/mol. The quantitative estimate of drug-likeness (QED) is 0.825. The van der Waals surface area contributed by atoms with E-state index in [0.717, 1.165) is 0 Å². The average Bonchev–Trinajstić information content (AvgIpc) is 2.88. The molecule has 88 valence electrons. The summed E-state index contributed by atoms with van der Waals surface area (Å²) in [6.45, 7) is 0. The van der Waals surface area contributed by atoms with Gasteiger partial charge in [-0.05, 0) is 12.1 Å². The lowest BCUT2D eigenvalue weighted by Crippen LogP contribution is -2.13. The van der Waals surface area contributed by atoms with Crippen LogP contribution < -0.4 is 5.32 Å². The first-order chi connectivity index (χ1) is 8.08. The number of furan rings is 1. The molecule has 0 aromatic carbocycles. The van der Waals surface area contributed by atoms with Gasteiger partial charge in [-0.1, -0.05) is 0 Å². The van der Waals surface area contributed by atoms with Gasteiger partial charge in [0.25, 0.3) is 5.91 Å². The number of nitrogens with one attached hydrogen (secondary N) is 1. The largest absolute Gasteiger partial charge is 0.475 e. The predicted molar refractivity (Wildman–Crippen MR) is 56.8 cm³/mol. The number of rotatable bonds is 3. The molecule has 2 heterocycles. The molecule has 0 fully saturated rings. The number of hydrogen-bond acceptors (Lipinski definition) is 4. The summed E-state index contributed by atoms with van der Waals surface area (Å²) in [4.78, 5) is 22.2. The molecule has 0 radical (unpaired) electrons. The van der Waals surface area contributed by atoms with Crippen molar-refractivity contribution in [2.75, 3.05) is 5.32 Å². The number of carbonyl (C=O) groups excluding carboxylic acids is 1. The second kappa shape index (κ2) is 4.12. The van der Waals surface area contributed by atoms with Gasteiger partial charge in [0, 0.05) is 13.1 Å². The smallest absolute Gasteiger partial charge is 0.371 e. The summed E-state index contributed by atoms with van der Waals surface area (Å²) in [5.41, 5.74) is 0. The molecular formula is C10H9N3O4. The number of nitrogens with zero attached hydrogens (tertiary/aromatic N) is 2. The highest BCUT2D eigenvalue weighted by molar-refractivity contribution is 6.02. The van der Waals surface area contributed by atoms with E-state index in [9.17, 15) is 9.59 Å². The molecule has 2 rings (SSSR count). The number of amides is 1. The fourth-order valence-corrected chi connectivity index (χ4v) is 1.25. The molecule has 1 amide bonds. The van der Waals surface area contributed by atoms with Gasteiger partial charge in [-0.15, -0.1) is 0 Å². The van der Waals surface area contributed by atoms with Gasteiger partial charge in [0.2, 0.25) is 5.76 Å². The van der Waals surface area contributed by atoms with Crippen molar-refractivity contribution < 1.29 is 19.1 Å². The van der Waals surface area contributed by atoms with Crippen molar-refractivity contribution in [1.82, 2.24) is 9.78 Å². The first-order valence-corrected chi connectivity index (χ1v) is 4.70. The Morgan fingerprint density at radius 2 is 2.06 bits per heavy atom. The monoisotopic (exact) mass is 235 g/mol. The van der Waals surface area contributed by atoms with E-state index in [2.05, 4.69) is 10.4 Å². The number of carboxylic acids is 1. The van der Waals surface area contributed by atoms with Gasteiger partial charge in [-0.3, -0.25) is 9.48 Å². The second-order valence-corrected chi connectivity index (χ2v) is 3.26. The second-order valence-electron chi connectivity index (χ2n) is 3.26. The number of carbonyl (C=O) groups is 2. The number of aromatic carboxylic acids is 1. The van der Waals surface area contributed by atoms with Crippen LogP contribution in [-0.2, 0) is 7.05 Å². The fraction of sp³-hybridized carbons (Fsp3) is 0.100. The van der Waals surface area contributed by atoms with E-state index in [4.69, 9.17) is 9.52 Å². The summed E-state index contributed by atoms with van der Waals surface area (Å²) in [5.74, 6) is -1.60. The van der Waals surface area contributed by atoms with E-state index in [0.29, 0.717) is 5.82 Å². The molecule has 0 atom stereocenters. The Balaban J connectivity index is 2.15. The summed E-state index contributed by atoms with van der Waals surface area (Å²) < 4.78 is 6.33. The summed E-state index contributed by atoms with van der Waals surface area (Å²) in [6, 6.07) is 4.13. The Bertz CT molecular complexity index is 570. The summed E-state index contributed by atoms with van der Waals surface area (Å²) in [6.07, 6.45) is 1.53. The van der Waals surface area contributed by atoms with E-state index >= 15 is 0 Å². The highest BCUT2D eigenvalue weighted by Gasteiger charge is 2.15. The highest BCUT2D eigenvalue weighted by Crippen LogP contribution is 2.11. The van der Waals surface area contributed by atoms with Gasteiger partial charge in [0.15, 0.2) is 5.76 Å². The van der Waals surface area contributed by atoms with E-state index in [1.807, 2.05) is 0 Å². The molecule has 0 bridgehead atoms. The first kappa shape index (κ1) is 10.9. The Morgan fingerprint density at radius 3 is 2.59 bits per heavy atom. The number of aromatic nitrogens is 2. The SMILES string of the molecule is Cn1nccc1NC(=O)c1ccc(C(=O)O)o1. The molecule has 17 heavy (non-hydrogen) atoms. The zero-order valence-corrected chi connectivity index (χ0v) is 8.88. The van der Waals surface area contributed by atoms with Crippen molar-refractivity contribution in [2.45, 2.75) is 0 Å². The van der Waals surface area contributed by atoms with Crippen LogP contribution in [0.3, 0.4) is 0 Å². The molecule has 2 N–H and O–H groups in total. The Kier molecular flexibility index (Phi) is 2.65. The third-order valence-electron chi connectivity index (χ3n) is 2.10. The topological polar surface area (TPSA) is 97.4 Å². The van der Waals surface area contributed by atoms with Crippen LogP contribution in [0.1, 0.15) is 21.1 Å². The van der Waals surface area contributed by atoms with E-state index in [1.54, 1.807) is 13.1 Å². The highest BCUT2D eigenvalue weighted by atomic mass is 16.4. The minimum atomic E-state index is -1.22. The summed E-state index contributed by atoms with van der Waals surface area (Å²) in [5, 5.41) is 15.0. The lowest BCUT2D eigenvalue weighted by atomic mass is 10.4. The Labute approximate surface area is 95.7 Å². The molecule has 0 saturated carbocycles. The van der Waals surface area contributed by atoms with Crippen LogP contribution in [0, 0.1) is 0 Å². The zero-order valence-electron chi connectivity index (χ0n) is 8.88. The first-order valence-electron chi connectivity index (χ1n) is 4.70. The van der Waals surface area contributed by atoms with Crippen molar-refractivity contribution in [3.63, 3.8) is 0 Å². The minimum absolute atomic E-state index is 0.0661. The van der Waals surface area contributed by atoms with Gasteiger partial charge in [-0.25, -0.2) is 4.79 Å². The van der Waals surface area contributed by atoms with Crippen molar-refractivity contribution >= 4 is 17.7 Å². The third kappa shape index (κ3) is 2.17. The molecule has 7 nitrogen and oxygen atoms in total. The number of anilines is 1. The van der Waals surface area contributed by atoms with Crippen molar-refractivity contribution in [3.05, 3.63) is 35.9 Å². The summed E-state index contributed by atoms with van der Waals surface area (Å²) in [7, 11) is 1.67. The maximum atomic E-state index is 11.7. The van der Waals surface area contributed by atoms with Crippen LogP contribution in [-0.4, -0.2) is 26.8 Å². The van der Waals surface area contributed by atoms with Crippen LogP contribution >= 0.6 is 0 Å². The van der Waals surface area contributed by atoms with Crippen molar-refractivity contribution in [2.24, 2.45) is 7.05 Å². The Morgan fingerprint density at radius 1 is 1.35 bits per heavy atom.